The molecule has 0 saturated heterocycles. The third-order valence-electron chi connectivity index (χ3n) is 4.69. The first-order valence-corrected chi connectivity index (χ1v) is 11.6. The molecule has 0 radical (unpaired) electrons. The van der Waals surface area contributed by atoms with Gasteiger partial charge in [-0.05, 0) is 72.7 Å². The number of nitrogens with one attached hydrogen (secondary N) is 1. The zero-order chi connectivity index (χ0) is 25.4. The van der Waals surface area contributed by atoms with Crippen LogP contribution in [0.3, 0.4) is 0 Å². The number of hydrogen-bond acceptors (Lipinski definition) is 5. The maximum absolute atomic E-state index is 12.6. The van der Waals surface area contributed by atoms with Crippen molar-refractivity contribution in [3.8, 4) is 17.6 Å². The van der Waals surface area contributed by atoms with Crippen LogP contribution in [0.2, 0.25) is 5.02 Å². The molecule has 0 spiro atoms. The molecule has 3 aromatic rings. The van der Waals surface area contributed by atoms with Crippen molar-refractivity contribution in [2.45, 2.75) is 13.5 Å². The van der Waals surface area contributed by atoms with Crippen molar-refractivity contribution in [2.75, 3.05) is 11.9 Å². The molecule has 0 atom stereocenters. The van der Waals surface area contributed by atoms with Gasteiger partial charge in [0.25, 0.3) is 5.91 Å². The number of amides is 1. The number of ether oxygens (including phenoxy) is 2. The standard InChI is InChI=1S/C26H20BrClN2O5/c1-2-34-23-13-17(11-19(14-29)25(31)30-21-9-7-20(27)8-10-21)12-22(28)24(23)35-15-16-3-5-18(6-4-16)26(32)33/h3-13H,2,15H2,1H3,(H,30,31)(H,32,33)/b19-11+. The first-order valence-electron chi connectivity index (χ1n) is 10.4. The first kappa shape index (κ1) is 25.8. The number of carbonyl (C=O) groups is 2. The van der Waals surface area contributed by atoms with Crippen molar-refractivity contribution in [1.82, 2.24) is 0 Å². The average molecular weight is 556 g/mol. The summed E-state index contributed by atoms with van der Waals surface area (Å²) >= 11 is 9.78. The highest BCUT2D eigenvalue weighted by molar-refractivity contribution is 9.10. The highest BCUT2D eigenvalue weighted by Gasteiger charge is 2.15. The van der Waals surface area contributed by atoms with E-state index in [4.69, 9.17) is 26.2 Å². The summed E-state index contributed by atoms with van der Waals surface area (Å²) in [5.74, 6) is -0.927. The number of carbonyl (C=O) groups excluding carboxylic acids is 1. The minimum Gasteiger partial charge on any atom is -0.490 e. The zero-order valence-electron chi connectivity index (χ0n) is 18.5. The van der Waals surface area contributed by atoms with Crippen LogP contribution in [0, 0.1) is 11.3 Å². The Morgan fingerprint density at radius 2 is 1.80 bits per heavy atom. The molecule has 3 aromatic carbocycles. The molecule has 0 aliphatic heterocycles. The van der Waals surface area contributed by atoms with Gasteiger partial charge in [-0.1, -0.05) is 39.7 Å². The summed E-state index contributed by atoms with van der Waals surface area (Å²) in [5, 5.41) is 21.5. The number of hydrogen-bond donors (Lipinski definition) is 2. The lowest BCUT2D eigenvalue weighted by atomic mass is 10.1. The van der Waals surface area contributed by atoms with E-state index in [1.165, 1.54) is 18.2 Å². The van der Waals surface area contributed by atoms with Crippen LogP contribution < -0.4 is 14.8 Å². The summed E-state index contributed by atoms with van der Waals surface area (Å²) in [4.78, 5) is 23.6. The van der Waals surface area contributed by atoms with Crippen LogP contribution in [0.5, 0.6) is 11.5 Å². The average Bonchev–Trinajstić information content (AvgIpc) is 2.83. The number of halogens is 2. The van der Waals surface area contributed by atoms with Crippen LogP contribution >= 0.6 is 27.5 Å². The van der Waals surface area contributed by atoms with Crippen LogP contribution in [0.4, 0.5) is 5.69 Å². The van der Waals surface area contributed by atoms with Crippen molar-refractivity contribution >= 4 is 51.2 Å². The van der Waals surface area contributed by atoms with E-state index < -0.39 is 11.9 Å². The minimum atomic E-state index is -1.01. The third kappa shape index (κ3) is 7.09. The first-order chi connectivity index (χ1) is 16.8. The second-order valence-electron chi connectivity index (χ2n) is 7.18. The summed E-state index contributed by atoms with van der Waals surface area (Å²) in [6, 6.07) is 18.4. The molecule has 9 heteroatoms. The van der Waals surface area contributed by atoms with E-state index in [2.05, 4.69) is 21.2 Å². The summed E-state index contributed by atoms with van der Waals surface area (Å²) in [5.41, 5.74) is 1.84. The van der Waals surface area contributed by atoms with E-state index in [9.17, 15) is 14.9 Å². The normalized spacial score (nSPS) is 10.9. The van der Waals surface area contributed by atoms with Crippen LogP contribution in [0.25, 0.3) is 6.08 Å². The van der Waals surface area contributed by atoms with Crippen molar-refractivity contribution in [3.05, 3.63) is 92.4 Å². The number of nitrogens with zero attached hydrogens (tertiary/aromatic N) is 1. The Labute approximate surface area is 215 Å². The molecule has 3 rings (SSSR count). The second-order valence-corrected chi connectivity index (χ2v) is 8.51. The van der Waals surface area contributed by atoms with Gasteiger partial charge in [-0.25, -0.2) is 4.79 Å². The lowest BCUT2D eigenvalue weighted by Gasteiger charge is -2.15. The van der Waals surface area contributed by atoms with E-state index >= 15 is 0 Å². The van der Waals surface area contributed by atoms with Crippen LogP contribution in [0.1, 0.15) is 28.4 Å². The van der Waals surface area contributed by atoms with Crippen LogP contribution in [-0.4, -0.2) is 23.6 Å². The van der Waals surface area contributed by atoms with Gasteiger partial charge >= 0.3 is 5.97 Å². The van der Waals surface area contributed by atoms with Gasteiger partial charge in [0.1, 0.15) is 18.2 Å². The number of carboxylic acid groups (broad SMARTS) is 1. The Balaban J connectivity index is 1.81. The predicted molar refractivity (Wildman–Crippen MR) is 137 cm³/mol. The van der Waals surface area contributed by atoms with E-state index in [1.807, 2.05) is 6.07 Å². The molecule has 178 valence electrons. The van der Waals surface area contributed by atoms with E-state index in [0.29, 0.717) is 29.4 Å². The summed E-state index contributed by atoms with van der Waals surface area (Å²) in [6.45, 7) is 2.27. The van der Waals surface area contributed by atoms with Gasteiger partial charge in [0.15, 0.2) is 11.5 Å². The quantitative estimate of drug-likeness (QED) is 0.236. The number of benzene rings is 3. The van der Waals surface area contributed by atoms with Gasteiger partial charge in [-0.15, -0.1) is 0 Å². The molecular formula is C26H20BrClN2O5. The topological polar surface area (TPSA) is 109 Å². The zero-order valence-corrected chi connectivity index (χ0v) is 20.9. The second kappa shape index (κ2) is 12.1. The molecule has 2 N–H and O–H groups in total. The molecule has 0 aliphatic rings. The SMILES string of the molecule is CCOc1cc(/C=C(\C#N)C(=O)Nc2ccc(Br)cc2)cc(Cl)c1OCc1ccc(C(=O)O)cc1. The highest BCUT2D eigenvalue weighted by atomic mass is 79.9. The number of anilines is 1. The molecule has 0 bridgehead atoms. The lowest BCUT2D eigenvalue weighted by molar-refractivity contribution is -0.112. The molecule has 0 aliphatic carbocycles. The Kier molecular flexibility index (Phi) is 8.90. The summed E-state index contributed by atoms with van der Waals surface area (Å²) < 4.78 is 12.4. The molecule has 7 nitrogen and oxygen atoms in total. The minimum absolute atomic E-state index is 0.112. The maximum atomic E-state index is 12.6. The van der Waals surface area contributed by atoms with Gasteiger partial charge in [0.2, 0.25) is 0 Å². The predicted octanol–water partition coefficient (Wildman–Crippen LogP) is 6.32. The fraction of sp³-hybridized carbons (Fsp3) is 0.115. The number of carboxylic acids is 1. The van der Waals surface area contributed by atoms with Gasteiger partial charge in [0, 0.05) is 10.2 Å². The maximum Gasteiger partial charge on any atom is 0.335 e. The lowest BCUT2D eigenvalue weighted by Crippen LogP contribution is -2.13. The Bertz CT molecular complexity index is 1300. The van der Waals surface area contributed by atoms with E-state index in [-0.39, 0.29) is 22.8 Å². The molecule has 0 fully saturated rings. The van der Waals surface area contributed by atoms with Gasteiger partial charge in [0.05, 0.1) is 17.2 Å². The van der Waals surface area contributed by atoms with Crippen LogP contribution in [-0.2, 0) is 11.4 Å². The van der Waals surface area contributed by atoms with Crippen molar-refractivity contribution < 1.29 is 24.2 Å². The van der Waals surface area contributed by atoms with Crippen molar-refractivity contribution in [1.29, 1.82) is 5.26 Å². The third-order valence-corrected chi connectivity index (χ3v) is 5.50. The molecular weight excluding hydrogens is 536 g/mol. The van der Waals surface area contributed by atoms with E-state index in [1.54, 1.807) is 55.5 Å². The number of nitriles is 1. The summed E-state index contributed by atoms with van der Waals surface area (Å²) in [7, 11) is 0. The Hall–Kier alpha value is -3.80. The summed E-state index contributed by atoms with van der Waals surface area (Å²) in [6.07, 6.45) is 1.41. The fourth-order valence-corrected chi connectivity index (χ4v) is 3.56. The van der Waals surface area contributed by atoms with Gasteiger partial charge in [-0.2, -0.15) is 5.26 Å². The molecule has 0 unspecified atom stereocenters. The van der Waals surface area contributed by atoms with Crippen molar-refractivity contribution in [3.63, 3.8) is 0 Å². The number of aromatic carboxylic acids is 1. The molecule has 35 heavy (non-hydrogen) atoms. The Morgan fingerprint density at radius 1 is 1.11 bits per heavy atom. The monoisotopic (exact) mass is 554 g/mol. The van der Waals surface area contributed by atoms with Gasteiger partial charge < -0.3 is 19.9 Å². The molecule has 0 aromatic heterocycles. The number of rotatable bonds is 9. The molecule has 0 heterocycles. The van der Waals surface area contributed by atoms with Crippen LogP contribution in [0.15, 0.2) is 70.7 Å². The smallest absolute Gasteiger partial charge is 0.335 e. The highest BCUT2D eigenvalue weighted by Crippen LogP contribution is 2.38. The Morgan fingerprint density at radius 3 is 2.40 bits per heavy atom. The van der Waals surface area contributed by atoms with E-state index in [0.717, 1.165) is 10.0 Å². The largest absolute Gasteiger partial charge is 0.490 e. The van der Waals surface area contributed by atoms with Crippen molar-refractivity contribution in [2.24, 2.45) is 0 Å². The molecule has 0 saturated carbocycles. The fourth-order valence-electron chi connectivity index (χ4n) is 3.02. The molecule has 1 amide bonds. The van der Waals surface area contributed by atoms with Gasteiger partial charge in [-0.3, -0.25) is 4.79 Å².